The summed E-state index contributed by atoms with van der Waals surface area (Å²) >= 11 is 5.66. The summed E-state index contributed by atoms with van der Waals surface area (Å²) in [5.74, 6) is -0.775. The molecule has 0 fully saturated rings. The SMILES string of the molecule is Cc1cccc(C(=O)NCc2ccc(Cl)cc2F)n1. The fourth-order valence-electron chi connectivity index (χ4n) is 1.60. The minimum atomic E-state index is -0.440. The summed E-state index contributed by atoms with van der Waals surface area (Å²) in [6.07, 6.45) is 0. The van der Waals surface area contributed by atoms with Gasteiger partial charge in [-0.3, -0.25) is 4.79 Å². The highest BCUT2D eigenvalue weighted by atomic mass is 35.5. The van der Waals surface area contributed by atoms with E-state index in [1.54, 1.807) is 37.3 Å². The van der Waals surface area contributed by atoms with E-state index in [9.17, 15) is 9.18 Å². The van der Waals surface area contributed by atoms with Gasteiger partial charge in [-0.25, -0.2) is 9.37 Å². The van der Waals surface area contributed by atoms with Crippen LogP contribution in [0.15, 0.2) is 36.4 Å². The fraction of sp³-hybridized carbons (Fsp3) is 0.143. The predicted octanol–water partition coefficient (Wildman–Crippen LogP) is 3.11. The van der Waals surface area contributed by atoms with Crippen molar-refractivity contribution in [3.63, 3.8) is 0 Å². The summed E-state index contributed by atoms with van der Waals surface area (Å²) in [7, 11) is 0. The first-order valence-corrected chi connectivity index (χ1v) is 6.10. The van der Waals surface area contributed by atoms with E-state index in [4.69, 9.17) is 11.6 Å². The van der Waals surface area contributed by atoms with Crippen molar-refractivity contribution in [3.8, 4) is 0 Å². The van der Waals surface area contributed by atoms with Crippen molar-refractivity contribution < 1.29 is 9.18 Å². The van der Waals surface area contributed by atoms with E-state index in [0.29, 0.717) is 16.3 Å². The first-order chi connectivity index (χ1) is 9.06. The lowest BCUT2D eigenvalue weighted by molar-refractivity contribution is 0.0945. The van der Waals surface area contributed by atoms with Crippen LogP contribution in [0, 0.1) is 12.7 Å². The quantitative estimate of drug-likeness (QED) is 0.937. The molecule has 1 amide bonds. The van der Waals surface area contributed by atoms with Crippen molar-refractivity contribution >= 4 is 17.5 Å². The Morgan fingerprint density at radius 3 is 2.84 bits per heavy atom. The molecule has 0 aliphatic heterocycles. The third kappa shape index (κ3) is 3.51. The van der Waals surface area contributed by atoms with Gasteiger partial charge in [-0.1, -0.05) is 23.7 Å². The molecule has 0 unspecified atom stereocenters. The van der Waals surface area contributed by atoms with Crippen molar-refractivity contribution in [2.45, 2.75) is 13.5 Å². The third-order valence-corrected chi connectivity index (χ3v) is 2.81. The molecule has 0 saturated heterocycles. The van der Waals surface area contributed by atoms with E-state index in [-0.39, 0.29) is 12.5 Å². The highest BCUT2D eigenvalue weighted by Gasteiger charge is 2.08. The number of carbonyl (C=O) groups is 1. The van der Waals surface area contributed by atoms with Gasteiger partial charge in [-0.05, 0) is 31.2 Å². The Kier molecular flexibility index (Phi) is 4.12. The second-order valence-corrected chi connectivity index (χ2v) is 4.52. The normalized spacial score (nSPS) is 10.3. The molecule has 0 saturated carbocycles. The van der Waals surface area contributed by atoms with Gasteiger partial charge in [0.15, 0.2) is 0 Å². The van der Waals surface area contributed by atoms with Gasteiger partial charge >= 0.3 is 0 Å². The Hall–Kier alpha value is -1.94. The second-order valence-electron chi connectivity index (χ2n) is 4.08. The molecule has 2 rings (SSSR count). The maximum atomic E-state index is 13.5. The van der Waals surface area contributed by atoms with E-state index in [1.165, 1.54) is 6.07 Å². The number of nitrogens with zero attached hydrogens (tertiary/aromatic N) is 1. The minimum Gasteiger partial charge on any atom is -0.347 e. The largest absolute Gasteiger partial charge is 0.347 e. The van der Waals surface area contributed by atoms with Crippen molar-refractivity contribution in [1.29, 1.82) is 0 Å². The number of pyridine rings is 1. The molecule has 0 atom stereocenters. The Morgan fingerprint density at radius 1 is 1.37 bits per heavy atom. The third-order valence-electron chi connectivity index (χ3n) is 2.58. The van der Waals surface area contributed by atoms with Crippen molar-refractivity contribution in [1.82, 2.24) is 10.3 Å². The zero-order valence-corrected chi connectivity index (χ0v) is 11.0. The number of hydrogen-bond acceptors (Lipinski definition) is 2. The zero-order valence-electron chi connectivity index (χ0n) is 10.3. The first-order valence-electron chi connectivity index (χ1n) is 5.72. The summed E-state index contributed by atoms with van der Waals surface area (Å²) in [6, 6.07) is 9.50. The van der Waals surface area contributed by atoms with Crippen molar-refractivity contribution in [2.75, 3.05) is 0 Å². The van der Waals surface area contributed by atoms with Gasteiger partial charge in [0.2, 0.25) is 0 Å². The molecular weight excluding hydrogens is 267 g/mol. The van der Waals surface area contributed by atoms with Crippen LogP contribution >= 0.6 is 11.6 Å². The number of nitrogens with one attached hydrogen (secondary N) is 1. The number of aryl methyl sites for hydroxylation is 1. The van der Waals surface area contributed by atoms with Gasteiger partial charge in [0, 0.05) is 22.8 Å². The van der Waals surface area contributed by atoms with E-state index in [2.05, 4.69) is 10.3 Å². The Morgan fingerprint density at radius 2 is 2.16 bits per heavy atom. The average Bonchev–Trinajstić information content (AvgIpc) is 2.37. The number of carbonyl (C=O) groups excluding carboxylic acids is 1. The first kappa shape index (κ1) is 13.5. The lowest BCUT2D eigenvalue weighted by Crippen LogP contribution is -2.24. The van der Waals surface area contributed by atoms with E-state index in [1.807, 2.05) is 0 Å². The van der Waals surface area contributed by atoms with Gasteiger partial charge in [0.25, 0.3) is 5.91 Å². The lowest BCUT2D eigenvalue weighted by Gasteiger charge is -2.06. The van der Waals surface area contributed by atoms with Crippen LogP contribution in [0.4, 0.5) is 4.39 Å². The number of hydrogen-bond donors (Lipinski definition) is 1. The molecule has 2 aromatic rings. The summed E-state index contributed by atoms with van der Waals surface area (Å²) in [4.78, 5) is 15.9. The molecule has 1 aromatic heterocycles. The summed E-state index contributed by atoms with van der Waals surface area (Å²) in [5.41, 5.74) is 1.45. The van der Waals surface area contributed by atoms with Crippen LogP contribution in [0.25, 0.3) is 0 Å². The lowest BCUT2D eigenvalue weighted by atomic mass is 10.2. The predicted molar refractivity (Wildman–Crippen MR) is 71.6 cm³/mol. The monoisotopic (exact) mass is 278 g/mol. The van der Waals surface area contributed by atoms with Gasteiger partial charge in [-0.2, -0.15) is 0 Å². The number of aromatic nitrogens is 1. The van der Waals surface area contributed by atoms with Crippen LogP contribution in [0.3, 0.4) is 0 Å². The molecule has 3 nitrogen and oxygen atoms in total. The smallest absolute Gasteiger partial charge is 0.270 e. The molecule has 0 aliphatic carbocycles. The molecule has 19 heavy (non-hydrogen) atoms. The average molecular weight is 279 g/mol. The molecule has 0 bridgehead atoms. The van der Waals surface area contributed by atoms with Gasteiger partial charge < -0.3 is 5.32 Å². The Labute approximate surface area is 115 Å². The van der Waals surface area contributed by atoms with Gasteiger partial charge in [0.05, 0.1) is 0 Å². The number of rotatable bonds is 3. The number of amides is 1. The Bertz CT molecular complexity index is 616. The molecular formula is C14H12ClFN2O. The standard InChI is InChI=1S/C14H12ClFN2O/c1-9-3-2-4-13(18-9)14(19)17-8-10-5-6-11(15)7-12(10)16/h2-7H,8H2,1H3,(H,17,19). The van der Waals surface area contributed by atoms with E-state index in [0.717, 1.165) is 5.69 Å². The fourth-order valence-corrected chi connectivity index (χ4v) is 1.76. The molecule has 0 aliphatic rings. The van der Waals surface area contributed by atoms with Crippen LogP contribution in [-0.2, 0) is 6.54 Å². The minimum absolute atomic E-state index is 0.0947. The van der Waals surface area contributed by atoms with E-state index >= 15 is 0 Å². The van der Waals surface area contributed by atoms with Crippen molar-refractivity contribution in [3.05, 3.63) is 64.2 Å². The van der Waals surface area contributed by atoms with Crippen LogP contribution in [0.1, 0.15) is 21.7 Å². The van der Waals surface area contributed by atoms with Crippen LogP contribution < -0.4 is 5.32 Å². The van der Waals surface area contributed by atoms with Gasteiger partial charge in [-0.15, -0.1) is 0 Å². The van der Waals surface area contributed by atoms with Gasteiger partial charge in [0.1, 0.15) is 11.5 Å². The van der Waals surface area contributed by atoms with Crippen LogP contribution in [0.2, 0.25) is 5.02 Å². The zero-order chi connectivity index (χ0) is 13.8. The molecule has 1 heterocycles. The maximum Gasteiger partial charge on any atom is 0.270 e. The van der Waals surface area contributed by atoms with Crippen LogP contribution in [0.5, 0.6) is 0 Å². The summed E-state index contributed by atoms with van der Waals surface area (Å²) < 4.78 is 13.5. The molecule has 1 aromatic carbocycles. The summed E-state index contributed by atoms with van der Waals surface area (Å²) in [5, 5.41) is 2.95. The summed E-state index contributed by atoms with van der Waals surface area (Å²) in [6.45, 7) is 1.90. The topological polar surface area (TPSA) is 42.0 Å². The van der Waals surface area contributed by atoms with E-state index < -0.39 is 5.82 Å². The Balaban J connectivity index is 2.04. The number of benzene rings is 1. The van der Waals surface area contributed by atoms with Crippen LogP contribution in [-0.4, -0.2) is 10.9 Å². The molecule has 98 valence electrons. The van der Waals surface area contributed by atoms with Crippen molar-refractivity contribution in [2.24, 2.45) is 0 Å². The number of halogens is 2. The highest BCUT2D eigenvalue weighted by molar-refractivity contribution is 6.30. The molecule has 1 N–H and O–H groups in total. The highest BCUT2D eigenvalue weighted by Crippen LogP contribution is 2.14. The molecule has 0 radical (unpaired) electrons. The second kappa shape index (κ2) is 5.80. The maximum absolute atomic E-state index is 13.5. The molecule has 0 spiro atoms. The molecule has 5 heteroatoms.